The molecule has 0 saturated heterocycles. The third-order valence-corrected chi connectivity index (χ3v) is 6.13. The molecule has 0 aliphatic heterocycles. The molecule has 3 aromatic heterocycles. The first-order chi connectivity index (χ1) is 17.9. The molecule has 37 heavy (non-hydrogen) atoms. The summed E-state index contributed by atoms with van der Waals surface area (Å²) in [6, 6.07) is 12.0. The first kappa shape index (κ1) is 26.0. The Hall–Kier alpha value is -4.05. The van der Waals surface area contributed by atoms with Crippen LogP contribution in [0.25, 0.3) is 5.65 Å². The standard InChI is InChI=1S/C16H16N6O.C6H4ClNO2.C4H8/c23-10-20-15-5-14(18-9-19-15)17-6-13-8-22-7-12(11-1-2-11)3-4-16(22)21-13;7-5-3-1-2-4-6(5)8(9)10;1-4-2-3-4/h3-5,7-11H,1-2,6H2,(H2,17,18,19,20,23);1-4H;4H,2-3H2,1H3. The van der Waals surface area contributed by atoms with Gasteiger partial charge < -0.3 is 15.0 Å². The predicted molar refractivity (Wildman–Crippen MR) is 143 cm³/mol. The second-order valence-electron chi connectivity index (χ2n) is 9.03. The first-order valence-corrected chi connectivity index (χ1v) is 12.4. The lowest BCUT2D eigenvalue weighted by Crippen LogP contribution is -2.04. The number of carbonyl (C=O) groups is 1. The molecule has 192 valence electrons. The summed E-state index contributed by atoms with van der Waals surface area (Å²) in [6.45, 7) is 2.83. The van der Waals surface area contributed by atoms with E-state index in [9.17, 15) is 14.9 Å². The first-order valence-electron chi connectivity index (χ1n) is 12.1. The van der Waals surface area contributed by atoms with Crippen LogP contribution in [0.3, 0.4) is 0 Å². The minimum atomic E-state index is -0.512. The van der Waals surface area contributed by atoms with Gasteiger partial charge in [0.1, 0.15) is 28.6 Å². The average molecular weight is 522 g/mol. The van der Waals surface area contributed by atoms with E-state index in [1.54, 1.807) is 18.2 Å². The number of hydrogen-bond acceptors (Lipinski definition) is 7. The molecule has 2 aliphatic carbocycles. The SMILES string of the molecule is CC1CC1.O=CNc1cc(NCc2cn3cc(C4CC4)ccc3n2)ncn1.O=[N+]([O-])c1ccccc1Cl. The smallest absolute Gasteiger partial charge is 0.287 e. The number of pyridine rings is 1. The number of carbonyl (C=O) groups excluding carboxylic acids is 1. The Kier molecular flexibility index (Phi) is 8.63. The Morgan fingerprint density at radius 1 is 1.11 bits per heavy atom. The summed E-state index contributed by atoms with van der Waals surface area (Å²) in [5.41, 5.74) is 3.21. The topological polar surface area (TPSA) is 127 Å². The number of nitrogens with zero attached hydrogens (tertiary/aromatic N) is 5. The highest BCUT2D eigenvalue weighted by Gasteiger charge is 2.23. The van der Waals surface area contributed by atoms with E-state index in [0.29, 0.717) is 24.6 Å². The normalized spacial score (nSPS) is 14.0. The number of amides is 1. The number of rotatable bonds is 7. The van der Waals surface area contributed by atoms with E-state index in [4.69, 9.17) is 11.6 Å². The van der Waals surface area contributed by atoms with Crippen LogP contribution >= 0.6 is 11.6 Å². The highest BCUT2D eigenvalue weighted by atomic mass is 35.5. The average Bonchev–Trinajstić information content (AvgIpc) is 3.83. The van der Waals surface area contributed by atoms with Crippen LogP contribution in [-0.2, 0) is 11.3 Å². The summed E-state index contributed by atoms with van der Waals surface area (Å²) in [4.78, 5) is 32.7. The maximum atomic E-state index is 10.4. The van der Waals surface area contributed by atoms with E-state index in [1.807, 2.05) is 6.20 Å². The highest BCUT2D eigenvalue weighted by Crippen LogP contribution is 2.39. The van der Waals surface area contributed by atoms with Crippen molar-refractivity contribution in [3.63, 3.8) is 0 Å². The van der Waals surface area contributed by atoms with Crippen molar-refractivity contribution in [2.75, 3.05) is 10.6 Å². The van der Waals surface area contributed by atoms with Crippen molar-refractivity contribution in [2.45, 2.75) is 45.1 Å². The van der Waals surface area contributed by atoms with Gasteiger partial charge in [-0.1, -0.05) is 49.6 Å². The molecular weight excluding hydrogens is 494 g/mol. The zero-order valence-electron chi connectivity index (χ0n) is 20.4. The number of anilines is 2. The van der Waals surface area contributed by atoms with Crippen molar-refractivity contribution in [1.29, 1.82) is 0 Å². The summed E-state index contributed by atoms with van der Waals surface area (Å²) < 4.78 is 2.07. The lowest BCUT2D eigenvalue weighted by atomic mass is 10.2. The number of nitro groups is 1. The van der Waals surface area contributed by atoms with Crippen LogP contribution in [0.5, 0.6) is 0 Å². The Bertz CT molecular complexity index is 1370. The molecule has 0 radical (unpaired) electrons. The molecule has 1 aromatic carbocycles. The summed E-state index contributed by atoms with van der Waals surface area (Å²) in [6.07, 6.45) is 11.7. The third kappa shape index (κ3) is 7.97. The Morgan fingerprint density at radius 2 is 1.84 bits per heavy atom. The lowest BCUT2D eigenvalue weighted by Gasteiger charge is -2.04. The summed E-state index contributed by atoms with van der Waals surface area (Å²) >= 11 is 5.48. The zero-order valence-corrected chi connectivity index (χ0v) is 21.1. The second kappa shape index (κ2) is 12.3. The molecule has 11 heteroatoms. The Balaban J connectivity index is 0.000000188. The minimum Gasteiger partial charge on any atom is -0.364 e. The number of fused-ring (bicyclic) bond motifs is 1. The van der Waals surface area contributed by atoms with E-state index in [2.05, 4.69) is 55.2 Å². The van der Waals surface area contributed by atoms with Crippen molar-refractivity contribution in [1.82, 2.24) is 19.4 Å². The van der Waals surface area contributed by atoms with Gasteiger partial charge in [0.05, 0.1) is 17.2 Å². The molecule has 1 amide bonds. The van der Waals surface area contributed by atoms with Gasteiger partial charge in [-0.3, -0.25) is 14.9 Å². The van der Waals surface area contributed by atoms with Crippen molar-refractivity contribution in [2.24, 2.45) is 5.92 Å². The molecule has 6 rings (SSSR count). The van der Waals surface area contributed by atoms with Gasteiger partial charge in [0, 0.05) is 24.5 Å². The highest BCUT2D eigenvalue weighted by molar-refractivity contribution is 6.32. The molecule has 0 spiro atoms. The van der Waals surface area contributed by atoms with Crippen LogP contribution in [0.2, 0.25) is 5.02 Å². The maximum Gasteiger partial charge on any atom is 0.287 e. The summed E-state index contributed by atoms with van der Waals surface area (Å²) in [5.74, 6) is 2.91. The van der Waals surface area contributed by atoms with Crippen LogP contribution in [0, 0.1) is 16.0 Å². The van der Waals surface area contributed by atoms with Crippen LogP contribution < -0.4 is 10.6 Å². The summed E-state index contributed by atoms with van der Waals surface area (Å²) in [5, 5.41) is 16.0. The van der Waals surface area contributed by atoms with Crippen molar-refractivity contribution in [3.8, 4) is 0 Å². The number of imidazole rings is 1. The fourth-order valence-electron chi connectivity index (χ4n) is 3.35. The molecule has 2 saturated carbocycles. The fourth-order valence-corrected chi connectivity index (χ4v) is 3.55. The van der Waals surface area contributed by atoms with Crippen LogP contribution in [0.4, 0.5) is 17.3 Å². The van der Waals surface area contributed by atoms with Gasteiger partial charge >= 0.3 is 0 Å². The molecule has 3 heterocycles. The predicted octanol–water partition coefficient (Wildman–Crippen LogP) is 5.85. The van der Waals surface area contributed by atoms with Gasteiger partial charge in [-0.25, -0.2) is 15.0 Å². The Morgan fingerprint density at radius 3 is 2.46 bits per heavy atom. The lowest BCUT2D eigenvalue weighted by molar-refractivity contribution is -0.384. The maximum absolute atomic E-state index is 10.4. The van der Waals surface area contributed by atoms with Crippen LogP contribution in [0.15, 0.2) is 61.2 Å². The van der Waals surface area contributed by atoms with E-state index in [-0.39, 0.29) is 10.7 Å². The zero-order chi connectivity index (χ0) is 26.2. The third-order valence-electron chi connectivity index (χ3n) is 5.81. The van der Waals surface area contributed by atoms with Gasteiger partial charge in [0.15, 0.2) is 0 Å². The quantitative estimate of drug-likeness (QED) is 0.177. The molecule has 2 aliphatic rings. The number of nitro benzene ring substituents is 1. The minimum absolute atomic E-state index is 0.0517. The van der Waals surface area contributed by atoms with E-state index in [1.165, 1.54) is 49.7 Å². The number of para-hydroxylation sites is 1. The molecule has 2 fully saturated rings. The van der Waals surface area contributed by atoms with Gasteiger partial charge in [-0.2, -0.15) is 0 Å². The van der Waals surface area contributed by atoms with Crippen molar-refractivity contribution < 1.29 is 9.72 Å². The second-order valence-corrected chi connectivity index (χ2v) is 9.44. The van der Waals surface area contributed by atoms with E-state index in [0.717, 1.165) is 23.2 Å². The molecule has 10 nitrogen and oxygen atoms in total. The van der Waals surface area contributed by atoms with E-state index >= 15 is 0 Å². The molecule has 4 aromatic rings. The largest absolute Gasteiger partial charge is 0.364 e. The van der Waals surface area contributed by atoms with E-state index < -0.39 is 4.92 Å². The van der Waals surface area contributed by atoms with Crippen LogP contribution in [0.1, 0.15) is 49.8 Å². The number of halogens is 1. The monoisotopic (exact) mass is 521 g/mol. The van der Waals surface area contributed by atoms with Crippen molar-refractivity contribution >= 4 is 41.0 Å². The van der Waals surface area contributed by atoms with Gasteiger partial charge in [-0.15, -0.1) is 0 Å². The Labute approximate surface area is 219 Å². The fraction of sp³-hybridized carbons (Fsp3) is 0.308. The number of nitrogens with one attached hydrogen (secondary N) is 2. The molecule has 0 bridgehead atoms. The van der Waals surface area contributed by atoms with Gasteiger partial charge in [0.2, 0.25) is 6.41 Å². The summed E-state index contributed by atoms with van der Waals surface area (Å²) in [7, 11) is 0. The molecular formula is C26H28ClN7O3. The molecule has 2 N–H and O–H groups in total. The number of aromatic nitrogens is 4. The van der Waals surface area contributed by atoms with Gasteiger partial charge in [0.25, 0.3) is 5.69 Å². The van der Waals surface area contributed by atoms with Crippen molar-refractivity contribution in [3.05, 3.63) is 87.6 Å². The molecule has 0 unspecified atom stereocenters. The van der Waals surface area contributed by atoms with Gasteiger partial charge in [-0.05, 0) is 42.4 Å². The number of benzene rings is 1. The number of hydrogen-bond donors (Lipinski definition) is 2. The van der Waals surface area contributed by atoms with Crippen LogP contribution in [-0.4, -0.2) is 30.7 Å². The molecule has 0 atom stereocenters.